The highest BCUT2D eigenvalue weighted by Gasteiger charge is 2.17. The molecule has 0 aliphatic heterocycles. The number of nitrogens with one attached hydrogen (secondary N) is 1. The van der Waals surface area contributed by atoms with Gasteiger partial charge in [0.15, 0.2) is 5.96 Å². The van der Waals surface area contributed by atoms with Crippen LogP contribution in [-0.4, -0.2) is 43.1 Å². The normalized spacial score (nSPS) is 11.6. The maximum absolute atomic E-state index is 11.7. The monoisotopic (exact) mass is 459 g/mol. The number of carbonyl (C=O) groups is 1. The second-order valence-corrected chi connectivity index (χ2v) is 7.35. The largest absolute Gasteiger partial charge is 0.459 e. The molecule has 0 radical (unpaired) electrons. The summed E-state index contributed by atoms with van der Waals surface area (Å²) in [6.45, 7) is 6.27. The summed E-state index contributed by atoms with van der Waals surface area (Å²) >= 11 is 7.44. The lowest BCUT2D eigenvalue weighted by Gasteiger charge is -2.23. The van der Waals surface area contributed by atoms with Gasteiger partial charge in [0, 0.05) is 19.0 Å². The molecule has 5 nitrogen and oxygen atoms in total. The molecular weight excluding hydrogens is 437 g/mol. The number of guanidine groups is 1. The van der Waals surface area contributed by atoms with Crippen molar-refractivity contribution in [3.63, 3.8) is 0 Å². The van der Waals surface area contributed by atoms with E-state index in [9.17, 15) is 4.79 Å². The van der Waals surface area contributed by atoms with Gasteiger partial charge in [0.2, 0.25) is 0 Å². The molecule has 0 amide bonds. The number of carbonyl (C=O) groups excluding carboxylic acids is 1. The van der Waals surface area contributed by atoms with Gasteiger partial charge in [-0.1, -0.05) is 11.6 Å². The van der Waals surface area contributed by atoms with E-state index in [1.165, 1.54) is 11.3 Å². The van der Waals surface area contributed by atoms with Crippen LogP contribution in [0, 0.1) is 0 Å². The van der Waals surface area contributed by atoms with E-state index in [-0.39, 0.29) is 36.5 Å². The maximum Gasteiger partial charge on any atom is 0.325 e. The lowest BCUT2D eigenvalue weighted by Crippen LogP contribution is -2.42. The Balaban J connectivity index is 0.00000441. The molecule has 0 bridgehead atoms. The highest BCUT2D eigenvalue weighted by molar-refractivity contribution is 14.0. The fourth-order valence-electron chi connectivity index (χ4n) is 1.66. The number of hydrogen-bond acceptors (Lipinski definition) is 4. The van der Waals surface area contributed by atoms with Crippen molar-refractivity contribution < 1.29 is 9.53 Å². The third-order valence-electron chi connectivity index (χ3n) is 2.41. The number of thiophene rings is 1. The number of ether oxygens (including phenoxy) is 1. The molecule has 1 aromatic rings. The van der Waals surface area contributed by atoms with Crippen LogP contribution >= 0.6 is 46.9 Å². The molecule has 1 aromatic heterocycles. The summed E-state index contributed by atoms with van der Waals surface area (Å²) in [5, 5.41) is 2.99. The van der Waals surface area contributed by atoms with E-state index in [4.69, 9.17) is 16.3 Å². The van der Waals surface area contributed by atoms with Crippen LogP contribution in [0.2, 0.25) is 4.34 Å². The predicted octanol–water partition coefficient (Wildman–Crippen LogP) is 3.37. The van der Waals surface area contributed by atoms with Gasteiger partial charge in [-0.25, -0.2) is 0 Å². The van der Waals surface area contributed by atoms with E-state index in [0.717, 1.165) is 9.21 Å². The Morgan fingerprint density at radius 3 is 2.55 bits per heavy atom. The van der Waals surface area contributed by atoms with Crippen LogP contribution in [0.1, 0.15) is 25.6 Å². The average Bonchev–Trinajstić information content (AvgIpc) is 2.73. The van der Waals surface area contributed by atoms with Gasteiger partial charge in [-0.3, -0.25) is 9.79 Å². The molecule has 1 heterocycles. The first-order valence-electron chi connectivity index (χ1n) is 6.59. The van der Waals surface area contributed by atoms with E-state index in [1.54, 1.807) is 7.05 Å². The predicted molar refractivity (Wildman–Crippen MR) is 103 cm³/mol. The summed E-state index contributed by atoms with van der Waals surface area (Å²) in [6.07, 6.45) is 0. The Labute approximate surface area is 158 Å². The molecule has 0 saturated carbocycles. The number of rotatable bonds is 4. The highest BCUT2D eigenvalue weighted by atomic mass is 127. The van der Waals surface area contributed by atoms with Gasteiger partial charge < -0.3 is 15.0 Å². The molecule has 1 N–H and O–H groups in total. The van der Waals surface area contributed by atoms with Crippen LogP contribution in [0.25, 0.3) is 0 Å². The first kappa shape index (κ1) is 21.5. The first-order chi connectivity index (χ1) is 9.71. The van der Waals surface area contributed by atoms with Gasteiger partial charge in [-0.05, 0) is 32.9 Å². The van der Waals surface area contributed by atoms with E-state index in [0.29, 0.717) is 12.5 Å². The van der Waals surface area contributed by atoms with Crippen LogP contribution in [0.4, 0.5) is 0 Å². The molecule has 0 aromatic carbocycles. The molecule has 0 aliphatic rings. The van der Waals surface area contributed by atoms with Crippen molar-refractivity contribution in [2.24, 2.45) is 4.99 Å². The molecule has 0 unspecified atom stereocenters. The number of esters is 1. The fourth-order valence-corrected chi connectivity index (χ4v) is 2.80. The summed E-state index contributed by atoms with van der Waals surface area (Å²) in [5.74, 6) is 0.321. The summed E-state index contributed by atoms with van der Waals surface area (Å²) in [7, 11) is 3.58. The van der Waals surface area contributed by atoms with Gasteiger partial charge in [-0.2, -0.15) is 0 Å². The van der Waals surface area contributed by atoms with Crippen molar-refractivity contribution in [1.82, 2.24) is 10.2 Å². The Morgan fingerprint density at radius 1 is 1.45 bits per heavy atom. The van der Waals surface area contributed by atoms with Crippen LogP contribution in [-0.2, 0) is 16.1 Å². The van der Waals surface area contributed by atoms with Gasteiger partial charge in [0.05, 0.1) is 10.9 Å². The molecule has 22 heavy (non-hydrogen) atoms. The van der Waals surface area contributed by atoms with Crippen LogP contribution in [0.3, 0.4) is 0 Å². The first-order valence-corrected chi connectivity index (χ1v) is 7.78. The number of aliphatic imine (C=N–C) groups is 1. The zero-order valence-corrected chi connectivity index (χ0v) is 17.4. The van der Waals surface area contributed by atoms with Crippen molar-refractivity contribution in [2.75, 3.05) is 20.6 Å². The summed E-state index contributed by atoms with van der Waals surface area (Å²) < 4.78 is 6.00. The van der Waals surface area contributed by atoms with E-state index < -0.39 is 5.60 Å². The van der Waals surface area contributed by atoms with Gasteiger partial charge in [0.25, 0.3) is 0 Å². The van der Waals surface area contributed by atoms with Crippen molar-refractivity contribution >= 4 is 58.8 Å². The summed E-state index contributed by atoms with van der Waals surface area (Å²) in [6, 6.07) is 3.84. The highest BCUT2D eigenvalue weighted by Crippen LogP contribution is 2.22. The van der Waals surface area contributed by atoms with E-state index in [2.05, 4.69) is 10.3 Å². The quantitative estimate of drug-likeness (QED) is 0.325. The lowest BCUT2D eigenvalue weighted by molar-refractivity contribution is -0.153. The number of nitrogens with zero attached hydrogens (tertiary/aromatic N) is 2. The maximum atomic E-state index is 11.7. The second-order valence-electron chi connectivity index (χ2n) is 5.55. The summed E-state index contributed by atoms with van der Waals surface area (Å²) in [5.41, 5.74) is -0.484. The van der Waals surface area contributed by atoms with Crippen LogP contribution in [0.5, 0.6) is 0 Å². The van der Waals surface area contributed by atoms with Crippen molar-refractivity contribution in [3.05, 3.63) is 21.3 Å². The van der Waals surface area contributed by atoms with E-state index in [1.807, 2.05) is 44.9 Å². The second kappa shape index (κ2) is 9.57. The third kappa shape index (κ3) is 8.19. The van der Waals surface area contributed by atoms with Gasteiger partial charge in [0.1, 0.15) is 12.1 Å². The molecular formula is C14H23ClIN3O2S. The lowest BCUT2D eigenvalue weighted by atomic mass is 10.2. The molecule has 0 atom stereocenters. The molecule has 0 spiro atoms. The molecule has 1 rings (SSSR count). The molecule has 0 saturated heterocycles. The Hall–Kier alpha value is -0.540. The van der Waals surface area contributed by atoms with Gasteiger partial charge >= 0.3 is 5.97 Å². The molecule has 0 aliphatic carbocycles. The third-order valence-corrected chi connectivity index (χ3v) is 3.62. The van der Waals surface area contributed by atoms with Gasteiger partial charge in [-0.15, -0.1) is 35.3 Å². The topological polar surface area (TPSA) is 53.9 Å². The minimum Gasteiger partial charge on any atom is -0.459 e. The van der Waals surface area contributed by atoms with Crippen LogP contribution in [0.15, 0.2) is 17.1 Å². The number of hydrogen-bond donors (Lipinski definition) is 1. The van der Waals surface area contributed by atoms with E-state index >= 15 is 0 Å². The van der Waals surface area contributed by atoms with Crippen molar-refractivity contribution in [3.8, 4) is 0 Å². The van der Waals surface area contributed by atoms with Crippen molar-refractivity contribution in [1.29, 1.82) is 0 Å². The summed E-state index contributed by atoms with van der Waals surface area (Å²) in [4.78, 5) is 18.9. The minimum atomic E-state index is -0.484. The molecule has 126 valence electrons. The Kier molecular flexibility index (Phi) is 9.33. The average molecular weight is 460 g/mol. The minimum absolute atomic E-state index is 0. The van der Waals surface area contributed by atoms with Crippen LogP contribution < -0.4 is 5.32 Å². The fraction of sp³-hybridized carbons (Fsp3) is 0.571. The Morgan fingerprint density at radius 2 is 2.09 bits per heavy atom. The number of halogens is 2. The molecule has 8 heteroatoms. The van der Waals surface area contributed by atoms with Crippen molar-refractivity contribution in [2.45, 2.75) is 32.9 Å². The standard InChI is InChI=1S/C14H22ClN3O2S.HI/c1-14(2,3)20-12(19)8-17-13(16-4)18(5)9-10-6-7-11(15)21-10;/h6-7H,8-9H2,1-5H3,(H,16,17);1H. The smallest absolute Gasteiger partial charge is 0.325 e. The molecule has 0 fully saturated rings. The SMILES string of the molecule is CN=C(NCC(=O)OC(C)(C)C)N(C)Cc1ccc(Cl)s1.I. The Bertz CT molecular complexity index is 514. The zero-order valence-electron chi connectivity index (χ0n) is 13.5. The zero-order chi connectivity index (χ0) is 16.0.